The van der Waals surface area contributed by atoms with Crippen molar-refractivity contribution in [3.05, 3.63) is 0 Å². The molecule has 0 aromatic carbocycles. The lowest BCUT2D eigenvalue weighted by Crippen LogP contribution is -2.33. The predicted octanol–water partition coefficient (Wildman–Crippen LogP) is 1.62. The highest BCUT2D eigenvalue weighted by Crippen LogP contribution is 2.10. The number of hydrogen-bond donors (Lipinski definition) is 1. The number of β-amino-alcohol motifs (C(OH)–C–C–N with tert-alkyl or cyclic N) is 1. The summed E-state index contributed by atoms with van der Waals surface area (Å²) < 4.78 is 0. The number of nitrogens with zero attached hydrogens (tertiary/aromatic N) is 1. The third-order valence-corrected chi connectivity index (χ3v) is 3.09. The highest BCUT2D eigenvalue weighted by atomic mass is 79.9. The average Bonchev–Trinajstić information content (AvgIpc) is 2.33. The molecule has 1 N–H and O–H groups in total. The number of alkyl halides is 1. The molecule has 3 heteroatoms. The van der Waals surface area contributed by atoms with E-state index < -0.39 is 0 Å². The van der Waals surface area contributed by atoms with Crippen molar-refractivity contribution >= 4 is 15.9 Å². The second-order valence-corrected chi connectivity index (χ2v) is 4.17. The molecule has 1 atom stereocenters. The van der Waals surface area contributed by atoms with Crippen LogP contribution in [-0.4, -0.2) is 41.1 Å². The van der Waals surface area contributed by atoms with Gasteiger partial charge in [0, 0.05) is 11.9 Å². The maximum Gasteiger partial charge on any atom is 0.0763 e. The first-order chi connectivity index (χ1) is 5.83. The first kappa shape index (κ1) is 10.5. The molecular formula is C9H18BrNO. The van der Waals surface area contributed by atoms with Crippen molar-refractivity contribution in [1.29, 1.82) is 0 Å². The van der Waals surface area contributed by atoms with Crippen LogP contribution < -0.4 is 0 Å². The molecule has 0 amide bonds. The van der Waals surface area contributed by atoms with Gasteiger partial charge in [0.2, 0.25) is 0 Å². The van der Waals surface area contributed by atoms with Gasteiger partial charge in [0.15, 0.2) is 0 Å². The summed E-state index contributed by atoms with van der Waals surface area (Å²) in [6.07, 6.45) is 5.13. The highest BCUT2D eigenvalue weighted by molar-refractivity contribution is 9.09. The Morgan fingerprint density at radius 1 is 1.17 bits per heavy atom. The van der Waals surface area contributed by atoms with Gasteiger partial charge in [-0.1, -0.05) is 28.8 Å². The monoisotopic (exact) mass is 235 g/mol. The van der Waals surface area contributed by atoms with Crippen LogP contribution in [-0.2, 0) is 0 Å². The highest BCUT2D eigenvalue weighted by Gasteiger charge is 2.12. The second kappa shape index (κ2) is 5.95. The Morgan fingerprint density at radius 2 is 1.75 bits per heavy atom. The van der Waals surface area contributed by atoms with Crippen LogP contribution in [0.15, 0.2) is 0 Å². The van der Waals surface area contributed by atoms with Crippen molar-refractivity contribution in [2.75, 3.05) is 25.0 Å². The van der Waals surface area contributed by atoms with E-state index >= 15 is 0 Å². The van der Waals surface area contributed by atoms with E-state index in [2.05, 4.69) is 20.8 Å². The standard InChI is InChI=1S/C9H18BrNO/c10-7-9(12)8-11-5-3-1-2-4-6-11/h9,12H,1-8H2. The van der Waals surface area contributed by atoms with Crippen LogP contribution in [0.3, 0.4) is 0 Å². The molecule has 0 aliphatic carbocycles. The van der Waals surface area contributed by atoms with E-state index in [0.717, 1.165) is 6.54 Å². The van der Waals surface area contributed by atoms with Crippen molar-refractivity contribution < 1.29 is 5.11 Å². The SMILES string of the molecule is OC(CBr)CN1CCCCCC1. The molecule has 1 unspecified atom stereocenters. The molecule has 0 aromatic rings. The molecule has 1 aliphatic rings. The Kier molecular flexibility index (Phi) is 5.19. The molecule has 1 saturated heterocycles. The first-order valence-corrected chi connectivity index (χ1v) is 5.91. The summed E-state index contributed by atoms with van der Waals surface area (Å²) in [5.74, 6) is 0. The van der Waals surface area contributed by atoms with Crippen molar-refractivity contribution in [2.24, 2.45) is 0 Å². The average molecular weight is 236 g/mol. The number of hydrogen-bond acceptors (Lipinski definition) is 2. The zero-order valence-electron chi connectivity index (χ0n) is 7.51. The van der Waals surface area contributed by atoms with Gasteiger partial charge >= 0.3 is 0 Å². The smallest absolute Gasteiger partial charge is 0.0763 e. The van der Waals surface area contributed by atoms with E-state index in [1.54, 1.807) is 0 Å². The van der Waals surface area contributed by atoms with Crippen LogP contribution in [0.2, 0.25) is 0 Å². The van der Waals surface area contributed by atoms with Crippen LogP contribution in [0.5, 0.6) is 0 Å². The molecule has 0 bridgehead atoms. The summed E-state index contributed by atoms with van der Waals surface area (Å²) in [5.41, 5.74) is 0. The molecule has 1 rings (SSSR count). The minimum absolute atomic E-state index is 0.192. The lowest BCUT2D eigenvalue weighted by Gasteiger charge is -2.21. The van der Waals surface area contributed by atoms with Gasteiger partial charge in [-0.25, -0.2) is 0 Å². The topological polar surface area (TPSA) is 23.5 Å². The number of rotatable bonds is 3. The van der Waals surface area contributed by atoms with Crippen molar-refractivity contribution in [1.82, 2.24) is 4.90 Å². The second-order valence-electron chi connectivity index (χ2n) is 3.52. The van der Waals surface area contributed by atoms with Gasteiger partial charge in [-0.05, 0) is 25.9 Å². The molecule has 72 valence electrons. The third kappa shape index (κ3) is 3.87. The van der Waals surface area contributed by atoms with Gasteiger partial charge in [0.1, 0.15) is 0 Å². The maximum absolute atomic E-state index is 9.41. The Balaban J connectivity index is 2.20. The third-order valence-electron chi connectivity index (χ3n) is 2.35. The molecule has 0 saturated carbocycles. The lowest BCUT2D eigenvalue weighted by molar-refractivity contribution is 0.133. The Bertz CT molecular complexity index is 113. The largest absolute Gasteiger partial charge is 0.391 e. The van der Waals surface area contributed by atoms with Crippen molar-refractivity contribution in [2.45, 2.75) is 31.8 Å². The predicted molar refractivity (Wildman–Crippen MR) is 54.7 cm³/mol. The van der Waals surface area contributed by atoms with Gasteiger partial charge < -0.3 is 10.0 Å². The van der Waals surface area contributed by atoms with E-state index in [4.69, 9.17) is 0 Å². The zero-order chi connectivity index (χ0) is 8.81. The molecule has 1 aliphatic heterocycles. The van der Waals surface area contributed by atoms with Crippen LogP contribution in [0, 0.1) is 0 Å². The van der Waals surface area contributed by atoms with Crippen molar-refractivity contribution in [3.63, 3.8) is 0 Å². The molecular weight excluding hydrogens is 218 g/mol. The van der Waals surface area contributed by atoms with Crippen LogP contribution in [0.4, 0.5) is 0 Å². The zero-order valence-corrected chi connectivity index (χ0v) is 9.09. The molecule has 0 spiro atoms. The molecule has 0 aromatic heterocycles. The summed E-state index contributed by atoms with van der Waals surface area (Å²) in [4.78, 5) is 2.37. The lowest BCUT2D eigenvalue weighted by atomic mass is 10.2. The van der Waals surface area contributed by atoms with Crippen LogP contribution in [0.1, 0.15) is 25.7 Å². The van der Waals surface area contributed by atoms with E-state index in [1.165, 1.54) is 38.8 Å². The fraction of sp³-hybridized carbons (Fsp3) is 1.00. The molecule has 1 fully saturated rings. The van der Waals surface area contributed by atoms with Gasteiger partial charge in [-0.3, -0.25) is 0 Å². The molecule has 12 heavy (non-hydrogen) atoms. The van der Waals surface area contributed by atoms with E-state index in [1.807, 2.05) is 0 Å². The van der Waals surface area contributed by atoms with Crippen LogP contribution in [0.25, 0.3) is 0 Å². The maximum atomic E-state index is 9.41. The van der Waals surface area contributed by atoms with Crippen LogP contribution >= 0.6 is 15.9 Å². The number of aliphatic hydroxyl groups is 1. The van der Waals surface area contributed by atoms with E-state index in [-0.39, 0.29) is 6.10 Å². The summed E-state index contributed by atoms with van der Waals surface area (Å²) in [6, 6.07) is 0. The molecule has 2 nitrogen and oxygen atoms in total. The fourth-order valence-electron chi connectivity index (χ4n) is 1.67. The quantitative estimate of drug-likeness (QED) is 0.752. The minimum Gasteiger partial charge on any atom is -0.391 e. The Labute approximate surface area is 83.1 Å². The fourth-order valence-corrected chi connectivity index (χ4v) is 1.87. The van der Waals surface area contributed by atoms with Gasteiger partial charge in [0.05, 0.1) is 6.10 Å². The number of halogens is 1. The Hall–Kier alpha value is 0.400. The van der Waals surface area contributed by atoms with Gasteiger partial charge in [-0.15, -0.1) is 0 Å². The summed E-state index contributed by atoms with van der Waals surface area (Å²) in [6.45, 7) is 3.18. The summed E-state index contributed by atoms with van der Waals surface area (Å²) >= 11 is 3.28. The van der Waals surface area contributed by atoms with Crippen molar-refractivity contribution in [3.8, 4) is 0 Å². The summed E-state index contributed by atoms with van der Waals surface area (Å²) in [5, 5.41) is 10.1. The molecule has 1 heterocycles. The number of likely N-dealkylation sites (tertiary alicyclic amines) is 1. The summed E-state index contributed by atoms with van der Waals surface area (Å²) in [7, 11) is 0. The normalized spacial score (nSPS) is 23.5. The Morgan fingerprint density at radius 3 is 2.25 bits per heavy atom. The van der Waals surface area contributed by atoms with E-state index in [0.29, 0.717) is 5.33 Å². The molecule has 0 radical (unpaired) electrons. The van der Waals surface area contributed by atoms with Gasteiger partial charge in [0.25, 0.3) is 0 Å². The van der Waals surface area contributed by atoms with Gasteiger partial charge in [-0.2, -0.15) is 0 Å². The van der Waals surface area contributed by atoms with E-state index in [9.17, 15) is 5.11 Å². The first-order valence-electron chi connectivity index (χ1n) is 4.79. The minimum atomic E-state index is -0.192. The number of aliphatic hydroxyl groups excluding tert-OH is 1.